The van der Waals surface area contributed by atoms with Crippen molar-refractivity contribution in [3.63, 3.8) is 0 Å². The Morgan fingerprint density at radius 3 is 2.73 bits per heavy atom. The van der Waals surface area contributed by atoms with Crippen molar-refractivity contribution < 1.29 is 13.0 Å². The fourth-order valence-corrected chi connectivity index (χ4v) is 3.32. The summed E-state index contributed by atoms with van der Waals surface area (Å²) in [5.41, 5.74) is 1.96. The summed E-state index contributed by atoms with van der Waals surface area (Å²) >= 11 is 3.15. The fourth-order valence-electron chi connectivity index (χ4n) is 1.75. The van der Waals surface area contributed by atoms with Crippen molar-refractivity contribution in [2.24, 2.45) is 0 Å². The van der Waals surface area contributed by atoms with Gasteiger partial charge in [-0.15, -0.1) is 0 Å². The van der Waals surface area contributed by atoms with Gasteiger partial charge in [0.1, 0.15) is 4.90 Å². The highest BCUT2D eigenvalue weighted by Gasteiger charge is 2.22. The summed E-state index contributed by atoms with van der Waals surface area (Å²) in [6.45, 7) is 0.872. The van der Waals surface area contributed by atoms with Crippen molar-refractivity contribution in [1.29, 1.82) is 0 Å². The van der Waals surface area contributed by atoms with E-state index in [1.54, 1.807) is 6.07 Å². The summed E-state index contributed by atoms with van der Waals surface area (Å²) < 4.78 is 31.6. The summed E-state index contributed by atoms with van der Waals surface area (Å²) in [5, 5.41) is 0. The Balaban J connectivity index is 2.66. The van der Waals surface area contributed by atoms with Crippen molar-refractivity contribution in [3.05, 3.63) is 22.2 Å². The molecule has 0 unspecified atom stereocenters. The summed E-state index contributed by atoms with van der Waals surface area (Å²) in [4.78, 5) is 1.89. The van der Waals surface area contributed by atoms with Gasteiger partial charge in [-0.1, -0.05) is 0 Å². The number of rotatable bonds is 1. The first-order valence-electron chi connectivity index (χ1n) is 4.40. The average Bonchev–Trinajstić information content (AvgIpc) is 2.44. The van der Waals surface area contributed by atoms with Gasteiger partial charge in [-0.3, -0.25) is 4.55 Å². The molecule has 0 spiro atoms. The lowest BCUT2D eigenvalue weighted by molar-refractivity contribution is 0.482. The molecule has 0 radical (unpaired) electrons. The molecule has 0 atom stereocenters. The first-order chi connectivity index (χ1) is 6.89. The smallest absolute Gasteiger partial charge is 0.295 e. The minimum atomic E-state index is -4.15. The van der Waals surface area contributed by atoms with Gasteiger partial charge in [-0.2, -0.15) is 8.42 Å². The number of hydrogen-bond acceptors (Lipinski definition) is 3. The van der Waals surface area contributed by atoms with Crippen LogP contribution in [0.4, 0.5) is 5.69 Å². The molecule has 0 fully saturated rings. The van der Waals surface area contributed by atoms with Crippen molar-refractivity contribution in [2.75, 3.05) is 18.5 Å². The molecule has 6 heteroatoms. The van der Waals surface area contributed by atoms with Crippen molar-refractivity contribution in [2.45, 2.75) is 11.3 Å². The van der Waals surface area contributed by atoms with Gasteiger partial charge in [0.05, 0.1) is 0 Å². The van der Waals surface area contributed by atoms with Gasteiger partial charge < -0.3 is 4.90 Å². The Bertz CT molecular complexity index is 512. The van der Waals surface area contributed by atoms with E-state index in [-0.39, 0.29) is 4.90 Å². The molecule has 0 aliphatic carbocycles. The number of hydrogen-bond donors (Lipinski definition) is 1. The van der Waals surface area contributed by atoms with Crippen LogP contribution in [0.2, 0.25) is 0 Å². The maximum atomic E-state index is 11.1. The Morgan fingerprint density at radius 1 is 1.47 bits per heavy atom. The lowest BCUT2D eigenvalue weighted by atomic mass is 10.2. The standard InChI is InChI=1S/C9H10BrNO3S/c1-11-3-2-6-4-7(10)9(5-8(6)11)15(12,13)14/h4-5H,2-3H2,1H3,(H,12,13,14). The predicted octanol–water partition coefficient (Wildman–Crippen LogP) is 1.69. The molecule has 82 valence electrons. The van der Waals surface area contributed by atoms with E-state index >= 15 is 0 Å². The maximum Gasteiger partial charge on any atom is 0.295 e. The third kappa shape index (κ3) is 1.89. The van der Waals surface area contributed by atoms with Gasteiger partial charge in [0.15, 0.2) is 0 Å². The summed E-state index contributed by atoms with van der Waals surface area (Å²) in [6.07, 6.45) is 0.899. The van der Waals surface area contributed by atoms with Crippen molar-refractivity contribution in [1.82, 2.24) is 0 Å². The van der Waals surface area contributed by atoms with Gasteiger partial charge in [0.2, 0.25) is 0 Å². The molecule has 1 N–H and O–H groups in total. The molecule has 0 amide bonds. The lowest BCUT2D eigenvalue weighted by Crippen LogP contribution is -2.13. The van der Waals surface area contributed by atoms with Gasteiger partial charge in [-0.05, 0) is 40.0 Å². The molecule has 1 aliphatic rings. The van der Waals surface area contributed by atoms with Crippen LogP contribution in [0.25, 0.3) is 0 Å². The van der Waals surface area contributed by atoms with Crippen molar-refractivity contribution in [3.8, 4) is 0 Å². The third-order valence-corrected chi connectivity index (χ3v) is 4.35. The highest BCUT2D eigenvalue weighted by Crippen LogP contribution is 2.34. The second-order valence-corrected chi connectivity index (χ2v) is 5.80. The van der Waals surface area contributed by atoms with Gasteiger partial charge in [0, 0.05) is 23.8 Å². The molecule has 1 heterocycles. The summed E-state index contributed by atoms with van der Waals surface area (Å²) in [6, 6.07) is 3.25. The van der Waals surface area contributed by atoms with E-state index < -0.39 is 10.1 Å². The van der Waals surface area contributed by atoms with Crippen LogP contribution in [-0.2, 0) is 16.5 Å². The molecular formula is C9H10BrNO3S. The van der Waals surface area contributed by atoms with E-state index in [2.05, 4.69) is 15.9 Å². The third-order valence-electron chi connectivity index (χ3n) is 2.54. The zero-order chi connectivity index (χ0) is 11.2. The van der Waals surface area contributed by atoms with Crippen LogP contribution in [-0.4, -0.2) is 26.6 Å². The monoisotopic (exact) mass is 291 g/mol. The van der Waals surface area contributed by atoms with E-state index in [0.717, 1.165) is 24.2 Å². The zero-order valence-electron chi connectivity index (χ0n) is 8.07. The van der Waals surface area contributed by atoms with Crippen LogP contribution in [0, 0.1) is 0 Å². The highest BCUT2D eigenvalue weighted by atomic mass is 79.9. The molecule has 1 aromatic carbocycles. The maximum absolute atomic E-state index is 11.1. The molecule has 0 saturated carbocycles. The molecule has 0 bridgehead atoms. The second kappa shape index (κ2) is 3.47. The van der Waals surface area contributed by atoms with Crippen LogP contribution >= 0.6 is 15.9 Å². The topological polar surface area (TPSA) is 57.6 Å². The Kier molecular flexibility index (Phi) is 2.52. The number of nitrogens with zero attached hydrogens (tertiary/aromatic N) is 1. The number of benzene rings is 1. The average molecular weight is 292 g/mol. The van der Waals surface area contributed by atoms with E-state index in [9.17, 15) is 8.42 Å². The Labute approximate surface area is 96.8 Å². The molecule has 2 rings (SSSR count). The first kappa shape index (κ1) is 10.9. The molecular weight excluding hydrogens is 282 g/mol. The molecule has 4 nitrogen and oxygen atoms in total. The lowest BCUT2D eigenvalue weighted by Gasteiger charge is -2.13. The van der Waals surface area contributed by atoms with Crippen LogP contribution in [0.15, 0.2) is 21.5 Å². The summed E-state index contributed by atoms with van der Waals surface area (Å²) in [5.74, 6) is 0. The Morgan fingerprint density at radius 2 is 2.13 bits per heavy atom. The Hall–Kier alpha value is -0.590. The van der Waals surface area contributed by atoms with E-state index in [1.165, 1.54) is 6.07 Å². The van der Waals surface area contributed by atoms with E-state index in [1.807, 2.05) is 11.9 Å². The van der Waals surface area contributed by atoms with Crippen molar-refractivity contribution >= 4 is 31.7 Å². The van der Waals surface area contributed by atoms with Crippen LogP contribution < -0.4 is 4.90 Å². The minimum Gasteiger partial charge on any atom is -0.374 e. The first-order valence-corrected chi connectivity index (χ1v) is 6.64. The van der Waals surface area contributed by atoms with E-state index in [0.29, 0.717) is 4.47 Å². The van der Waals surface area contributed by atoms with Crippen LogP contribution in [0.3, 0.4) is 0 Å². The molecule has 1 aliphatic heterocycles. The quantitative estimate of drug-likeness (QED) is 0.800. The highest BCUT2D eigenvalue weighted by molar-refractivity contribution is 9.10. The number of anilines is 1. The molecule has 0 aromatic heterocycles. The SMILES string of the molecule is CN1CCc2cc(Br)c(S(=O)(=O)O)cc21. The minimum absolute atomic E-state index is 0.0741. The predicted molar refractivity (Wildman–Crippen MR) is 60.9 cm³/mol. The zero-order valence-corrected chi connectivity index (χ0v) is 10.5. The number of likely N-dealkylation sites (N-methyl/N-ethyl adjacent to an activating group) is 1. The number of halogens is 1. The van der Waals surface area contributed by atoms with Gasteiger partial charge in [-0.25, -0.2) is 0 Å². The van der Waals surface area contributed by atoms with E-state index in [4.69, 9.17) is 4.55 Å². The van der Waals surface area contributed by atoms with Gasteiger partial charge in [0.25, 0.3) is 10.1 Å². The van der Waals surface area contributed by atoms with Gasteiger partial charge >= 0.3 is 0 Å². The molecule has 15 heavy (non-hydrogen) atoms. The largest absolute Gasteiger partial charge is 0.374 e. The summed E-state index contributed by atoms with van der Waals surface area (Å²) in [7, 11) is -2.26. The second-order valence-electron chi connectivity index (χ2n) is 3.56. The molecule has 0 saturated heterocycles. The van der Waals surface area contributed by atoms with Crippen LogP contribution in [0.1, 0.15) is 5.56 Å². The normalized spacial score (nSPS) is 15.5. The number of fused-ring (bicyclic) bond motifs is 1. The van der Waals surface area contributed by atoms with Crippen LogP contribution in [0.5, 0.6) is 0 Å². The fraction of sp³-hybridized carbons (Fsp3) is 0.333. The molecule has 1 aromatic rings.